The minimum atomic E-state index is -0.167. The van der Waals surface area contributed by atoms with Crippen molar-refractivity contribution in [2.45, 2.75) is 33.0 Å². The summed E-state index contributed by atoms with van der Waals surface area (Å²) in [6.07, 6.45) is 4.20. The third-order valence-corrected chi connectivity index (χ3v) is 4.76. The number of aryl methyl sites for hydroxylation is 1. The van der Waals surface area contributed by atoms with Gasteiger partial charge in [-0.05, 0) is 26.3 Å². The third kappa shape index (κ3) is 3.08. The van der Waals surface area contributed by atoms with Crippen LogP contribution >= 0.6 is 0 Å². The van der Waals surface area contributed by atoms with Crippen molar-refractivity contribution in [1.29, 1.82) is 0 Å². The summed E-state index contributed by atoms with van der Waals surface area (Å²) < 4.78 is 14.5. The van der Waals surface area contributed by atoms with Crippen molar-refractivity contribution < 1.29 is 9.47 Å². The Morgan fingerprint density at radius 3 is 3.00 bits per heavy atom. The maximum absolute atomic E-state index is 13.4. The first-order valence-electron chi connectivity index (χ1n) is 8.96. The van der Waals surface area contributed by atoms with Gasteiger partial charge in [-0.2, -0.15) is 4.98 Å². The summed E-state index contributed by atoms with van der Waals surface area (Å²) in [6.45, 7) is 5.76. The number of nitrogen functional groups attached to an aromatic ring is 1. The molecule has 2 N–H and O–H groups in total. The highest BCUT2D eigenvalue weighted by molar-refractivity contribution is 5.83. The molecular weight excluding hydrogens is 348 g/mol. The maximum atomic E-state index is 13.4. The molecule has 1 aliphatic rings. The zero-order chi connectivity index (χ0) is 19.0. The monoisotopic (exact) mass is 370 g/mol. The van der Waals surface area contributed by atoms with Crippen LogP contribution in [0.1, 0.15) is 25.1 Å². The molecule has 142 valence electrons. The summed E-state index contributed by atoms with van der Waals surface area (Å²) in [5.41, 5.74) is 7.42. The first kappa shape index (κ1) is 17.6. The molecule has 0 saturated carbocycles. The number of anilines is 1. The smallest absolute Gasteiger partial charge is 0.263 e. The Bertz CT molecular complexity index is 1040. The van der Waals surface area contributed by atoms with E-state index in [1.54, 1.807) is 23.0 Å². The fourth-order valence-corrected chi connectivity index (χ4v) is 3.44. The van der Waals surface area contributed by atoms with Gasteiger partial charge in [0, 0.05) is 31.0 Å². The average molecular weight is 370 g/mol. The largest absolute Gasteiger partial charge is 0.379 e. The summed E-state index contributed by atoms with van der Waals surface area (Å²) >= 11 is 0. The molecule has 0 bridgehead atoms. The third-order valence-electron chi connectivity index (χ3n) is 4.76. The Morgan fingerprint density at radius 2 is 2.26 bits per heavy atom. The van der Waals surface area contributed by atoms with Crippen molar-refractivity contribution in [3.8, 4) is 11.4 Å². The van der Waals surface area contributed by atoms with Crippen molar-refractivity contribution >= 4 is 17.0 Å². The molecule has 4 heterocycles. The summed E-state index contributed by atoms with van der Waals surface area (Å²) in [6, 6.07) is 1.70. The van der Waals surface area contributed by atoms with Gasteiger partial charge in [0.1, 0.15) is 18.2 Å². The van der Waals surface area contributed by atoms with E-state index >= 15 is 0 Å². The van der Waals surface area contributed by atoms with Crippen LogP contribution in [0.25, 0.3) is 22.4 Å². The second-order valence-corrected chi connectivity index (χ2v) is 6.50. The van der Waals surface area contributed by atoms with Gasteiger partial charge in [-0.15, -0.1) is 0 Å². The first-order chi connectivity index (χ1) is 13.1. The molecule has 1 atom stereocenters. The van der Waals surface area contributed by atoms with Gasteiger partial charge in [0.15, 0.2) is 0 Å². The lowest BCUT2D eigenvalue weighted by atomic mass is 10.1. The van der Waals surface area contributed by atoms with Gasteiger partial charge in [-0.3, -0.25) is 9.36 Å². The minimum Gasteiger partial charge on any atom is -0.379 e. The number of hydrogen-bond acceptors (Lipinski definition) is 7. The van der Waals surface area contributed by atoms with Crippen LogP contribution in [0, 0.1) is 6.92 Å². The molecule has 0 amide bonds. The summed E-state index contributed by atoms with van der Waals surface area (Å²) in [5.74, 6) is 0.705. The molecule has 1 saturated heterocycles. The second kappa shape index (κ2) is 7.09. The van der Waals surface area contributed by atoms with Gasteiger partial charge in [-0.25, -0.2) is 9.97 Å². The van der Waals surface area contributed by atoms with Crippen LogP contribution in [0.4, 0.5) is 5.95 Å². The van der Waals surface area contributed by atoms with Crippen molar-refractivity contribution in [1.82, 2.24) is 24.1 Å². The van der Waals surface area contributed by atoms with E-state index in [1.165, 1.54) is 0 Å². The minimum absolute atomic E-state index is 0.0936. The molecular formula is C18H22N6O3. The highest BCUT2D eigenvalue weighted by atomic mass is 16.5. The van der Waals surface area contributed by atoms with Crippen molar-refractivity contribution in [3.05, 3.63) is 34.5 Å². The maximum Gasteiger partial charge on any atom is 0.263 e. The van der Waals surface area contributed by atoms with Gasteiger partial charge in [-0.1, -0.05) is 0 Å². The molecule has 0 aromatic carbocycles. The SMILES string of the molecule is CCOCn1ccnc1-c1cc2c(C)nc(N)nc2n([C@H]2CCOC2)c1=O. The van der Waals surface area contributed by atoms with E-state index in [-0.39, 0.29) is 17.5 Å². The first-order valence-corrected chi connectivity index (χ1v) is 8.96. The molecule has 27 heavy (non-hydrogen) atoms. The molecule has 1 aliphatic heterocycles. The zero-order valence-corrected chi connectivity index (χ0v) is 15.4. The number of ether oxygens (including phenoxy) is 2. The van der Waals surface area contributed by atoms with Crippen molar-refractivity contribution in [2.75, 3.05) is 25.6 Å². The van der Waals surface area contributed by atoms with Gasteiger partial charge >= 0.3 is 0 Å². The Morgan fingerprint density at radius 1 is 1.41 bits per heavy atom. The van der Waals surface area contributed by atoms with E-state index in [9.17, 15) is 4.79 Å². The molecule has 3 aromatic rings. The Hall–Kier alpha value is -2.78. The van der Waals surface area contributed by atoms with Crippen LogP contribution in [0.2, 0.25) is 0 Å². The summed E-state index contributed by atoms with van der Waals surface area (Å²) in [4.78, 5) is 26.4. The van der Waals surface area contributed by atoms with Gasteiger partial charge in [0.2, 0.25) is 5.95 Å². The van der Waals surface area contributed by atoms with Crippen LogP contribution in [0.5, 0.6) is 0 Å². The molecule has 9 heteroatoms. The highest BCUT2D eigenvalue weighted by Gasteiger charge is 2.25. The quantitative estimate of drug-likeness (QED) is 0.724. The number of nitrogens with two attached hydrogens (primary N) is 1. The lowest BCUT2D eigenvalue weighted by molar-refractivity contribution is 0.0889. The molecule has 1 fully saturated rings. The van der Waals surface area contributed by atoms with E-state index in [0.717, 1.165) is 11.8 Å². The van der Waals surface area contributed by atoms with E-state index in [1.807, 2.05) is 18.4 Å². The number of imidazole rings is 1. The fraction of sp³-hybridized carbons (Fsp3) is 0.444. The van der Waals surface area contributed by atoms with E-state index in [0.29, 0.717) is 49.3 Å². The zero-order valence-electron chi connectivity index (χ0n) is 15.4. The second-order valence-electron chi connectivity index (χ2n) is 6.50. The van der Waals surface area contributed by atoms with Crippen molar-refractivity contribution in [2.24, 2.45) is 0 Å². The topological polar surface area (TPSA) is 110 Å². The molecule has 9 nitrogen and oxygen atoms in total. The standard InChI is InChI=1S/C18H22N6O3/c1-3-26-10-23-6-5-20-15(23)14-8-13-11(2)21-18(19)22-16(13)24(17(14)25)12-4-7-27-9-12/h5-6,8,12H,3-4,7,9-10H2,1-2H3,(H2,19,21,22)/t12-/m0/s1. The Kier molecular flexibility index (Phi) is 4.63. The van der Waals surface area contributed by atoms with E-state index < -0.39 is 0 Å². The van der Waals surface area contributed by atoms with E-state index in [2.05, 4.69) is 15.0 Å². The van der Waals surface area contributed by atoms with Crippen LogP contribution in [-0.4, -0.2) is 43.9 Å². The van der Waals surface area contributed by atoms with Gasteiger partial charge < -0.3 is 19.8 Å². The van der Waals surface area contributed by atoms with Gasteiger partial charge in [0.05, 0.1) is 23.9 Å². The van der Waals surface area contributed by atoms with E-state index in [4.69, 9.17) is 15.2 Å². The van der Waals surface area contributed by atoms with Crippen molar-refractivity contribution in [3.63, 3.8) is 0 Å². The van der Waals surface area contributed by atoms with Gasteiger partial charge in [0.25, 0.3) is 5.56 Å². The lowest BCUT2D eigenvalue weighted by Gasteiger charge is -2.18. The predicted octanol–water partition coefficient (Wildman–Crippen LogP) is 1.50. The van der Waals surface area contributed by atoms with Crippen LogP contribution in [-0.2, 0) is 16.2 Å². The predicted molar refractivity (Wildman–Crippen MR) is 100 cm³/mol. The average Bonchev–Trinajstić information content (AvgIpc) is 3.31. The Balaban J connectivity index is 1.98. The molecule has 3 aromatic heterocycles. The number of nitrogens with zero attached hydrogens (tertiary/aromatic N) is 5. The molecule has 0 spiro atoms. The van der Waals surface area contributed by atoms with Crippen LogP contribution in [0.15, 0.2) is 23.3 Å². The molecule has 0 unspecified atom stereocenters. The normalized spacial score (nSPS) is 17.0. The lowest BCUT2D eigenvalue weighted by Crippen LogP contribution is -2.28. The molecule has 4 rings (SSSR count). The molecule has 0 radical (unpaired) electrons. The highest BCUT2D eigenvalue weighted by Crippen LogP contribution is 2.26. The summed E-state index contributed by atoms with van der Waals surface area (Å²) in [5, 5.41) is 0.775. The number of aromatic nitrogens is 5. The number of hydrogen-bond donors (Lipinski definition) is 1. The number of fused-ring (bicyclic) bond motifs is 1. The Labute approximate surface area is 155 Å². The summed E-state index contributed by atoms with van der Waals surface area (Å²) in [7, 11) is 0. The fourth-order valence-electron chi connectivity index (χ4n) is 3.44. The molecule has 0 aliphatic carbocycles. The van der Waals surface area contributed by atoms with Crippen LogP contribution in [0.3, 0.4) is 0 Å². The number of rotatable bonds is 5. The number of pyridine rings is 1. The van der Waals surface area contributed by atoms with Crippen LogP contribution < -0.4 is 11.3 Å².